The first-order valence-corrected chi connectivity index (χ1v) is 6.97. The van der Waals surface area contributed by atoms with Crippen molar-refractivity contribution in [3.05, 3.63) is 27.7 Å². The van der Waals surface area contributed by atoms with Crippen molar-refractivity contribution in [1.29, 1.82) is 0 Å². The third-order valence-corrected chi connectivity index (χ3v) is 3.88. The van der Waals surface area contributed by atoms with Gasteiger partial charge in [0.15, 0.2) is 0 Å². The minimum absolute atomic E-state index is 0.147. The van der Waals surface area contributed by atoms with Crippen LogP contribution in [-0.4, -0.2) is 22.8 Å². The van der Waals surface area contributed by atoms with Gasteiger partial charge in [-0.1, -0.05) is 15.9 Å². The molecule has 0 spiro atoms. The molecule has 1 aliphatic rings. The molecule has 0 radical (unpaired) electrons. The predicted octanol–water partition coefficient (Wildman–Crippen LogP) is 2.92. The molecule has 0 bridgehead atoms. The minimum Gasteiger partial charge on any atom is -0.493 e. The van der Waals surface area contributed by atoms with Crippen molar-refractivity contribution in [1.82, 2.24) is 0 Å². The number of aliphatic hydroxyl groups is 1. The number of hydrogen-bond acceptors (Lipinski definition) is 3. The number of carboxylic acids is 1. The number of aliphatic hydroxyl groups excluding tert-OH is 1. The van der Waals surface area contributed by atoms with E-state index in [9.17, 15) is 9.90 Å². The van der Waals surface area contributed by atoms with Crippen molar-refractivity contribution < 1.29 is 19.7 Å². The highest BCUT2D eigenvalue weighted by Crippen LogP contribution is 2.40. The Bertz CT molecular complexity index is 510. The van der Waals surface area contributed by atoms with Gasteiger partial charge in [0.1, 0.15) is 5.75 Å². The van der Waals surface area contributed by atoms with Crippen molar-refractivity contribution in [2.24, 2.45) is 5.41 Å². The number of halogens is 1. The van der Waals surface area contributed by atoms with E-state index in [1.54, 1.807) is 19.9 Å². The number of hydrogen-bond donors (Lipinski definition) is 2. The molecule has 0 saturated heterocycles. The number of rotatable bonds is 4. The third-order valence-electron chi connectivity index (χ3n) is 3.42. The molecule has 0 aromatic heterocycles. The Morgan fingerprint density at radius 1 is 1.53 bits per heavy atom. The second kappa shape index (κ2) is 5.13. The number of ether oxygens (including phenoxy) is 1. The van der Waals surface area contributed by atoms with Gasteiger partial charge in [0.05, 0.1) is 18.1 Å². The van der Waals surface area contributed by atoms with E-state index in [1.165, 1.54) is 0 Å². The molecule has 1 aromatic carbocycles. The van der Waals surface area contributed by atoms with Gasteiger partial charge in [-0.15, -0.1) is 0 Å². The van der Waals surface area contributed by atoms with Gasteiger partial charge in [0.2, 0.25) is 0 Å². The van der Waals surface area contributed by atoms with Gasteiger partial charge in [-0.2, -0.15) is 0 Å². The summed E-state index contributed by atoms with van der Waals surface area (Å²) < 4.78 is 6.43. The fourth-order valence-corrected chi connectivity index (χ4v) is 2.75. The summed E-state index contributed by atoms with van der Waals surface area (Å²) in [6, 6.07) is 3.77. The fourth-order valence-electron chi connectivity index (χ4n) is 2.23. The van der Waals surface area contributed by atoms with Crippen LogP contribution < -0.4 is 4.74 Å². The van der Waals surface area contributed by atoms with E-state index in [0.29, 0.717) is 17.9 Å². The predicted molar refractivity (Wildman–Crippen MR) is 74.3 cm³/mol. The van der Waals surface area contributed by atoms with E-state index >= 15 is 0 Å². The first-order valence-electron chi connectivity index (χ1n) is 6.18. The lowest BCUT2D eigenvalue weighted by atomic mass is 9.84. The maximum absolute atomic E-state index is 11.1. The molecule has 0 saturated carbocycles. The van der Waals surface area contributed by atoms with E-state index in [4.69, 9.17) is 9.84 Å². The van der Waals surface area contributed by atoms with Crippen LogP contribution in [0.4, 0.5) is 0 Å². The Hall–Kier alpha value is -1.07. The van der Waals surface area contributed by atoms with Crippen LogP contribution in [0.15, 0.2) is 16.6 Å². The molecule has 1 heterocycles. The monoisotopic (exact) mass is 328 g/mol. The van der Waals surface area contributed by atoms with Gasteiger partial charge >= 0.3 is 5.97 Å². The topological polar surface area (TPSA) is 66.8 Å². The fraction of sp³-hybridized carbons (Fsp3) is 0.500. The zero-order chi connectivity index (χ0) is 14.2. The Kier molecular flexibility index (Phi) is 3.87. The minimum atomic E-state index is -0.979. The Balaban J connectivity index is 2.30. The van der Waals surface area contributed by atoms with Crippen molar-refractivity contribution in [3.8, 4) is 5.75 Å². The van der Waals surface area contributed by atoms with Gasteiger partial charge in [0, 0.05) is 16.5 Å². The van der Waals surface area contributed by atoms with E-state index in [-0.39, 0.29) is 6.42 Å². The van der Waals surface area contributed by atoms with E-state index in [1.807, 2.05) is 6.07 Å². The number of carboxylic acid groups (broad SMARTS) is 1. The summed E-state index contributed by atoms with van der Waals surface area (Å²) >= 11 is 3.41. The average molecular weight is 329 g/mol. The maximum Gasteiger partial charge on any atom is 0.309 e. The molecular weight excluding hydrogens is 312 g/mol. The van der Waals surface area contributed by atoms with Crippen molar-refractivity contribution in [3.63, 3.8) is 0 Å². The Morgan fingerprint density at radius 2 is 2.21 bits per heavy atom. The largest absolute Gasteiger partial charge is 0.493 e. The third kappa shape index (κ3) is 2.92. The highest BCUT2D eigenvalue weighted by molar-refractivity contribution is 9.10. The molecule has 5 heteroatoms. The normalized spacial score (nSPS) is 15.8. The van der Waals surface area contributed by atoms with Crippen molar-refractivity contribution >= 4 is 21.9 Å². The highest BCUT2D eigenvalue weighted by atomic mass is 79.9. The molecule has 19 heavy (non-hydrogen) atoms. The lowest BCUT2D eigenvalue weighted by Crippen LogP contribution is -2.26. The first kappa shape index (κ1) is 14.3. The number of fused-ring (bicyclic) bond motifs is 1. The van der Waals surface area contributed by atoms with Crippen LogP contribution in [0.25, 0.3) is 0 Å². The second-order valence-electron chi connectivity index (χ2n) is 5.49. The molecule has 104 valence electrons. The summed E-state index contributed by atoms with van der Waals surface area (Å²) in [7, 11) is 0. The molecule has 1 aromatic rings. The van der Waals surface area contributed by atoms with E-state index in [0.717, 1.165) is 16.5 Å². The van der Waals surface area contributed by atoms with Crippen LogP contribution in [0.5, 0.6) is 5.75 Å². The standard InChI is InChI=1S/C14H17BrO4/c1-14(2,13(17)18)7-11(16)10-6-9(15)5-8-3-4-19-12(8)10/h5-6,11,16H,3-4,7H2,1-2H3,(H,17,18). The second-order valence-corrected chi connectivity index (χ2v) is 6.41. The van der Waals surface area contributed by atoms with Crippen molar-refractivity contribution in [2.45, 2.75) is 32.8 Å². The van der Waals surface area contributed by atoms with Crippen LogP contribution in [0, 0.1) is 5.41 Å². The molecule has 0 aliphatic carbocycles. The quantitative estimate of drug-likeness (QED) is 0.891. The zero-order valence-corrected chi connectivity index (χ0v) is 12.5. The lowest BCUT2D eigenvalue weighted by Gasteiger charge is -2.24. The molecule has 2 N–H and O–H groups in total. The number of carbonyl (C=O) groups is 1. The van der Waals surface area contributed by atoms with Gasteiger partial charge in [-0.25, -0.2) is 0 Å². The number of aliphatic carboxylic acids is 1. The zero-order valence-electron chi connectivity index (χ0n) is 10.9. The van der Waals surface area contributed by atoms with Crippen LogP contribution in [-0.2, 0) is 11.2 Å². The summed E-state index contributed by atoms with van der Waals surface area (Å²) in [6.45, 7) is 3.82. The smallest absolute Gasteiger partial charge is 0.309 e. The van der Waals surface area contributed by atoms with Gasteiger partial charge in [0.25, 0.3) is 0 Å². The molecule has 2 rings (SSSR count). The van der Waals surface area contributed by atoms with Gasteiger partial charge in [-0.05, 0) is 38.0 Å². The highest BCUT2D eigenvalue weighted by Gasteiger charge is 2.32. The summed E-state index contributed by atoms with van der Waals surface area (Å²) in [6.07, 6.45) is 0.112. The van der Waals surface area contributed by atoms with Crippen LogP contribution in [0.2, 0.25) is 0 Å². The lowest BCUT2D eigenvalue weighted by molar-refractivity contribution is -0.148. The summed E-state index contributed by atoms with van der Waals surface area (Å²) in [5.74, 6) is -0.212. The van der Waals surface area contributed by atoms with E-state index in [2.05, 4.69) is 15.9 Å². The van der Waals surface area contributed by atoms with Crippen LogP contribution >= 0.6 is 15.9 Å². The van der Waals surface area contributed by atoms with Crippen molar-refractivity contribution in [2.75, 3.05) is 6.61 Å². The van der Waals surface area contributed by atoms with Crippen LogP contribution in [0.1, 0.15) is 37.5 Å². The molecular formula is C14H17BrO4. The average Bonchev–Trinajstić information content (AvgIpc) is 2.74. The summed E-state index contributed by atoms with van der Waals surface area (Å²) in [5, 5.41) is 19.5. The Labute approximate surface area is 120 Å². The molecule has 4 nitrogen and oxygen atoms in total. The molecule has 0 amide bonds. The van der Waals surface area contributed by atoms with E-state index < -0.39 is 17.5 Å². The van der Waals surface area contributed by atoms with Gasteiger partial charge < -0.3 is 14.9 Å². The molecule has 1 unspecified atom stereocenters. The summed E-state index contributed by atoms with van der Waals surface area (Å²) in [4.78, 5) is 11.1. The SMILES string of the molecule is CC(C)(CC(O)c1cc(Br)cc2c1OCC2)C(=O)O. The first-order chi connectivity index (χ1) is 8.81. The molecule has 1 aliphatic heterocycles. The molecule has 1 atom stereocenters. The van der Waals surface area contributed by atoms with Crippen LogP contribution in [0.3, 0.4) is 0 Å². The Morgan fingerprint density at radius 3 is 2.84 bits per heavy atom. The molecule has 0 fully saturated rings. The summed E-state index contributed by atoms with van der Waals surface area (Å²) in [5.41, 5.74) is 0.737. The van der Waals surface area contributed by atoms with Gasteiger partial charge in [-0.3, -0.25) is 4.79 Å². The number of benzene rings is 1. The maximum atomic E-state index is 11.1.